The summed E-state index contributed by atoms with van der Waals surface area (Å²) in [7, 11) is 0. The molecule has 4 heteroatoms. The zero-order valence-electron chi connectivity index (χ0n) is 6.90. The fraction of sp³-hybridized carbons (Fsp3) is 0.625. The maximum Gasteiger partial charge on any atom is 0.223 e. The smallest absolute Gasteiger partial charge is 0.223 e. The number of nitrogens with two attached hydrogens (primary N) is 1. The molecule has 0 aromatic carbocycles. The van der Waals surface area contributed by atoms with Gasteiger partial charge in [0.15, 0.2) is 0 Å². The van der Waals surface area contributed by atoms with Crippen molar-refractivity contribution < 1.29 is 0 Å². The summed E-state index contributed by atoms with van der Waals surface area (Å²) in [5.74, 6) is 1.74. The number of hydrogen-bond acceptors (Lipinski definition) is 4. The van der Waals surface area contributed by atoms with E-state index >= 15 is 0 Å². The topological polar surface area (TPSA) is 64.7 Å². The molecule has 1 saturated carbocycles. The zero-order chi connectivity index (χ0) is 8.39. The van der Waals surface area contributed by atoms with E-state index in [1.807, 2.05) is 0 Å². The lowest BCUT2D eigenvalue weighted by molar-refractivity contribution is 0.663. The summed E-state index contributed by atoms with van der Waals surface area (Å²) < 4.78 is 0. The zero-order valence-corrected chi connectivity index (χ0v) is 6.90. The van der Waals surface area contributed by atoms with E-state index in [0.717, 1.165) is 5.82 Å². The number of aromatic nitrogens is 3. The van der Waals surface area contributed by atoms with Crippen molar-refractivity contribution in [1.29, 1.82) is 0 Å². The van der Waals surface area contributed by atoms with Crippen molar-refractivity contribution in [3.63, 3.8) is 0 Å². The van der Waals surface area contributed by atoms with Crippen LogP contribution >= 0.6 is 0 Å². The van der Waals surface area contributed by atoms with Crippen LogP contribution in [0.4, 0.5) is 5.95 Å². The molecule has 0 radical (unpaired) electrons. The summed E-state index contributed by atoms with van der Waals surface area (Å²) in [5, 5.41) is 0. The number of rotatable bonds is 1. The molecule has 1 heterocycles. The number of anilines is 1. The average Bonchev–Trinajstić information content (AvgIpc) is 2.56. The standard InChI is InChI=1S/C8H12N4/c9-8-11-5-10-7(12-8)6-3-1-2-4-6/h5-6H,1-4H2,(H2,9,10,11,12). The Kier molecular flexibility index (Phi) is 1.89. The minimum Gasteiger partial charge on any atom is -0.368 e. The Morgan fingerprint density at radius 3 is 2.67 bits per heavy atom. The quantitative estimate of drug-likeness (QED) is 0.675. The van der Waals surface area contributed by atoms with Gasteiger partial charge in [-0.05, 0) is 12.8 Å². The molecule has 4 nitrogen and oxygen atoms in total. The van der Waals surface area contributed by atoms with E-state index in [0.29, 0.717) is 11.9 Å². The van der Waals surface area contributed by atoms with Gasteiger partial charge in [0.2, 0.25) is 5.95 Å². The Bertz CT molecular complexity index is 268. The van der Waals surface area contributed by atoms with Crippen LogP contribution in [0.1, 0.15) is 37.4 Å². The van der Waals surface area contributed by atoms with Crippen LogP contribution in [0.25, 0.3) is 0 Å². The van der Waals surface area contributed by atoms with E-state index in [1.165, 1.54) is 32.0 Å². The molecule has 0 saturated heterocycles. The molecule has 1 aromatic heterocycles. The number of hydrogen-bond donors (Lipinski definition) is 1. The summed E-state index contributed by atoms with van der Waals surface area (Å²) >= 11 is 0. The van der Waals surface area contributed by atoms with Crippen molar-refractivity contribution in [2.45, 2.75) is 31.6 Å². The van der Waals surface area contributed by atoms with Crippen molar-refractivity contribution in [3.8, 4) is 0 Å². The second kappa shape index (κ2) is 3.05. The van der Waals surface area contributed by atoms with Crippen LogP contribution in [0.3, 0.4) is 0 Å². The highest BCUT2D eigenvalue weighted by molar-refractivity contribution is 5.14. The summed E-state index contributed by atoms with van der Waals surface area (Å²) in [5.41, 5.74) is 5.46. The first-order chi connectivity index (χ1) is 5.86. The van der Waals surface area contributed by atoms with Gasteiger partial charge in [-0.15, -0.1) is 0 Å². The molecule has 1 aromatic rings. The Balaban J connectivity index is 2.21. The Labute approximate surface area is 71.2 Å². The first-order valence-electron chi connectivity index (χ1n) is 4.30. The maximum absolute atomic E-state index is 5.46. The van der Waals surface area contributed by atoms with Gasteiger partial charge in [0.1, 0.15) is 12.2 Å². The van der Waals surface area contributed by atoms with Gasteiger partial charge in [-0.2, -0.15) is 4.98 Å². The van der Waals surface area contributed by atoms with Crippen LogP contribution in [0, 0.1) is 0 Å². The van der Waals surface area contributed by atoms with Crippen LogP contribution in [0.5, 0.6) is 0 Å². The predicted molar refractivity (Wildman–Crippen MR) is 45.4 cm³/mol. The molecule has 2 N–H and O–H groups in total. The second-order valence-electron chi connectivity index (χ2n) is 3.18. The van der Waals surface area contributed by atoms with E-state index in [-0.39, 0.29) is 0 Å². The largest absolute Gasteiger partial charge is 0.368 e. The molecule has 0 spiro atoms. The van der Waals surface area contributed by atoms with E-state index < -0.39 is 0 Å². The highest BCUT2D eigenvalue weighted by Crippen LogP contribution is 2.31. The SMILES string of the molecule is Nc1ncnc(C2CCCC2)n1. The van der Waals surface area contributed by atoms with Crippen molar-refractivity contribution in [2.75, 3.05) is 5.73 Å². The molecule has 1 aliphatic rings. The lowest BCUT2D eigenvalue weighted by Crippen LogP contribution is -2.04. The van der Waals surface area contributed by atoms with E-state index in [4.69, 9.17) is 5.73 Å². The third kappa shape index (κ3) is 1.37. The summed E-state index contributed by atoms with van der Waals surface area (Å²) in [4.78, 5) is 12.0. The van der Waals surface area contributed by atoms with Crippen molar-refractivity contribution in [2.24, 2.45) is 0 Å². The molecule has 12 heavy (non-hydrogen) atoms. The van der Waals surface area contributed by atoms with Gasteiger partial charge in [0.25, 0.3) is 0 Å². The Morgan fingerprint density at radius 2 is 2.00 bits per heavy atom. The molecule has 64 valence electrons. The van der Waals surface area contributed by atoms with Crippen LogP contribution in [0.15, 0.2) is 6.33 Å². The van der Waals surface area contributed by atoms with Crippen molar-refractivity contribution in [3.05, 3.63) is 12.2 Å². The van der Waals surface area contributed by atoms with Crippen LogP contribution < -0.4 is 5.73 Å². The molecular weight excluding hydrogens is 152 g/mol. The van der Waals surface area contributed by atoms with E-state index in [1.54, 1.807) is 0 Å². The fourth-order valence-corrected chi connectivity index (χ4v) is 1.70. The first kappa shape index (κ1) is 7.46. The monoisotopic (exact) mass is 164 g/mol. The number of nitrogen functional groups attached to an aromatic ring is 1. The lowest BCUT2D eigenvalue weighted by Gasteiger charge is -2.05. The molecule has 1 aliphatic carbocycles. The van der Waals surface area contributed by atoms with Gasteiger partial charge in [0, 0.05) is 5.92 Å². The lowest BCUT2D eigenvalue weighted by atomic mass is 10.1. The van der Waals surface area contributed by atoms with Crippen LogP contribution in [-0.2, 0) is 0 Å². The molecule has 2 rings (SSSR count). The fourth-order valence-electron chi connectivity index (χ4n) is 1.70. The van der Waals surface area contributed by atoms with Crippen molar-refractivity contribution in [1.82, 2.24) is 15.0 Å². The average molecular weight is 164 g/mol. The normalized spacial score (nSPS) is 18.3. The Morgan fingerprint density at radius 1 is 1.25 bits per heavy atom. The van der Waals surface area contributed by atoms with E-state index in [9.17, 15) is 0 Å². The summed E-state index contributed by atoms with van der Waals surface area (Å²) in [6.07, 6.45) is 6.47. The van der Waals surface area contributed by atoms with Gasteiger partial charge < -0.3 is 5.73 Å². The third-order valence-corrected chi connectivity index (χ3v) is 2.33. The predicted octanol–water partition coefficient (Wildman–Crippen LogP) is 1.11. The number of nitrogens with zero attached hydrogens (tertiary/aromatic N) is 3. The highest BCUT2D eigenvalue weighted by atomic mass is 15.1. The van der Waals surface area contributed by atoms with Crippen LogP contribution in [0.2, 0.25) is 0 Å². The Hall–Kier alpha value is -1.19. The summed E-state index contributed by atoms with van der Waals surface area (Å²) in [6, 6.07) is 0. The molecule has 0 amide bonds. The molecule has 0 bridgehead atoms. The minimum atomic E-state index is 0.340. The first-order valence-corrected chi connectivity index (χ1v) is 4.30. The molecule has 0 aliphatic heterocycles. The molecule has 1 fully saturated rings. The minimum absolute atomic E-state index is 0.340. The molecular formula is C8H12N4. The van der Waals surface area contributed by atoms with Gasteiger partial charge in [-0.3, -0.25) is 0 Å². The third-order valence-electron chi connectivity index (χ3n) is 2.33. The van der Waals surface area contributed by atoms with E-state index in [2.05, 4.69) is 15.0 Å². The van der Waals surface area contributed by atoms with Crippen molar-refractivity contribution >= 4 is 5.95 Å². The van der Waals surface area contributed by atoms with Gasteiger partial charge in [0.05, 0.1) is 0 Å². The van der Waals surface area contributed by atoms with Crippen LogP contribution in [-0.4, -0.2) is 15.0 Å². The summed E-state index contributed by atoms with van der Waals surface area (Å²) in [6.45, 7) is 0. The molecule has 0 atom stereocenters. The van der Waals surface area contributed by atoms with Gasteiger partial charge >= 0.3 is 0 Å². The van der Waals surface area contributed by atoms with Gasteiger partial charge in [-0.25, -0.2) is 9.97 Å². The van der Waals surface area contributed by atoms with Gasteiger partial charge in [-0.1, -0.05) is 12.8 Å². The maximum atomic E-state index is 5.46. The second-order valence-corrected chi connectivity index (χ2v) is 3.18. The molecule has 0 unspecified atom stereocenters. The highest BCUT2D eigenvalue weighted by Gasteiger charge is 2.19.